The lowest BCUT2D eigenvalue weighted by Gasteiger charge is -2.15. The Labute approximate surface area is 215 Å². The Hall–Kier alpha value is -2.31. The average Bonchev–Trinajstić information content (AvgIpc) is 3.12. The molecule has 7 heteroatoms. The molecule has 4 rings (SSSR count). The molecular weight excluding hydrogens is 485 g/mol. The largest absolute Gasteiger partial charge is 0.369 e. The maximum absolute atomic E-state index is 6.29. The minimum atomic E-state index is 0.237. The molecule has 0 saturated carbocycles. The van der Waals surface area contributed by atoms with E-state index in [9.17, 15) is 0 Å². The topological polar surface area (TPSA) is 39.9 Å². The molecule has 2 heterocycles. The van der Waals surface area contributed by atoms with E-state index in [4.69, 9.17) is 32.9 Å². The Morgan fingerprint density at radius 3 is 2.38 bits per heavy atom. The van der Waals surface area contributed by atoms with Gasteiger partial charge in [0, 0.05) is 26.8 Å². The first-order valence-corrected chi connectivity index (χ1v) is 12.7. The molecule has 0 amide bonds. The number of hydrogen-bond donors (Lipinski definition) is 0. The minimum absolute atomic E-state index is 0.237. The zero-order valence-corrected chi connectivity index (χ0v) is 21.8. The molecule has 0 bridgehead atoms. The summed E-state index contributed by atoms with van der Waals surface area (Å²) in [5.74, 6) is 1.12. The summed E-state index contributed by atoms with van der Waals surface area (Å²) in [6.07, 6.45) is 1.82. The Morgan fingerprint density at radius 2 is 1.71 bits per heavy atom. The molecule has 0 aliphatic rings. The first-order chi connectivity index (χ1) is 16.4. The van der Waals surface area contributed by atoms with E-state index in [0.717, 1.165) is 38.3 Å². The number of hydrogen-bond acceptors (Lipinski definition) is 4. The predicted molar refractivity (Wildman–Crippen MR) is 140 cm³/mol. The monoisotopic (exact) mass is 511 g/mol. The van der Waals surface area contributed by atoms with E-state index in [2.05, 4.69) is 41.6 Å². The smallest absolute Gasteiger partial charge is 0.136 e. The molecule has 0 unspecified atom stereocenters. The number of benzene rings is 2. The van der Waals surface area contributed by atoms with Crippen LogP contribution >= 0.6 is 35.0 Å². The van der Waals surface area contributed by atoms with Crippen molar-refractivity contribution in [3.05, 3.63) is 105 Å². The Balaban J connectivity index is 1.71. The van der Waals surface area contributed by atoms with Gasteiger partial charge in [-0.1, -0.05) is 85.2 Å². The van der Waals surface area contributed by atoms with Gasteiger partial charge < -0.3 is 9.30 Å². The van der Waals surface area contributed by atoms with Gasteiger partial charge in [-0.15, -0.1) is 0 Å². The van der Waals surface area contributed by atoms with Gasteiger partial charge in [0.05, 0.1) is 18.8 Å². The van der Waals surface area contributed by atoms with Crippen molar-refractivity contribution in [3.63, 3.8) is 0 Å². The van der Waals surface area contributed by atoms with Crippen molar-refractivity contribution in [2.45, 2.75) is 56.4 Å². The molecule has 0 radical (unpaired) electrons. The van der Waals surface area contributed by atoms with E-state index in [-0.39, 0.29) is 5.92 Å². The quantitative estimate of drug-likeness (QED) is 0.228. The third-order valence-corrected chi connectivity index (χ3v) is 6.94. The van der Waals surface area contributed by atoms with Crippen molar-refractivity contribution < 1.29 is 4.74 Å². The van der Waals surface area contributed by atoms with Gasteiger partial charge in [0.2, 0.25) is 0 Å². The van der Waals surface area contributed by atoms with E-state index < -0.39 is 0 Å². The molecule has 0 atom stereocenters. The molecule has 2 aromatic carbocycles. The summed E-state index contributed by atoms with van der Waals surface area (Å²) in [5.41, 5.74) is 4.31. The van der Waals surface area contributed by atoms with Gasteiger partial charge in [0.15, 0.2) is 0 Å². The van der Waals surface area contributed by atoms with E-state index in [1.165, 1.54) is 0 Å². The molecule has 0 saturated heterocycles. The zero-order valence-electron chi connectivity index (χ0n) is 19.5. The second-order valence-electron chi connectivity index (χ2n) is 8.39. The van der Waals surface area contributed by atoms with Crippen LogP contribution in [0, 0.1) is 6.92 Å². The van der Waals surface area contributed by atoms with Crippen molar-refractivity contribution in [3.8, 4) is 0 Å². The molecule has 0 fully saturated rings. The molecule has 4 nitrogen and oxygen atoms in total. The number of aryl methyl sites for hydroxylation is 1. The van der Waals surface area contributed by atoms with Crippen molar-refractivity contribution in [1.29, 1.82) is 0 Å². The number of aromatic nitrogens is 3. The standard InChI is InChI=1S/C27H27Cl2N3OS/c1-18(2)26-27(34-24-13-22(28)12-23(29)14-24)32(15-21-10-7-11-30-19(21)3)25(31-26)17-33-16-20-8-5-4-6-9-20/h4-14,18H,15-17H2,1-3H3. The SMILES string of the molecule is Cc1ncccc1Cn1c(COCc2ccccc2)nc(C(C)C)c1Sc1cc(Cl)cc(Cl)c1. The number of nitrogens with zero attached hydrogens (tertiary/aromatic N) is 3. The fourth-order valence-electron chi connectivity index (χ4n) is 3.65. The Morgan fingerprint density at radius 1 is 0.971 bits per heavy atom. The molecule has 34 heavy (non-hydrogen) atoms. The first kappa shape index (κ1) is 24.8. The van der Waals surface area contributed by atoms with Crippen molar-refractivity contribution in [1.82, 2.24) is 14.5 Å². The summed E-state index contributed by atoms with van der Waals surface area (Å²) < 4.78 is 8.34. The lowest BCUT2D eigenvalue weighted by atomic mass is 10.1. The van der Waals surface area contributed by atoms with E-state index >= 15 is 0 Å². The molecular formula is C27H27Cl2N3OS. The third kappa shape index (κ3) is 6.22. The molecule has 0 aliphatic heterocycles. The summed E-state index contributed by atoms with van der Waals surface area (Å²) in [4.78, 5) is 10.5. The van der Waals surface area contributed by atoms with Crippen LogP contribution in [0.15, 0.2) is 76.8 Å². The summed E-state index contributed by atoms with van der Waals surface area (Å²) in [6, 6.07) is 19.9. The van der Waals surface area contributed by atoms with Gasteiger partial charge in [-0.2, -0.15) is 0 Å². The maximum Gasteiger partial charge on any atom is 0.136 e. The summed E-state index contributed by atoms with van der Waals surface area (Å²) in [7, 11) is 0. The molecule has 176 valence electrons. The van der Waals surface area contributed by atoms with Gasteiger partial charge in [-0.25, -0.2) is 4.98 Å². The average molecular weight is 513 g/mol. The Kier molecular flexibility index (Phi) is 8.32. The van der Waals surface area contributed by atoms with E-state index in [1.807, 2.05) is 49.5 Å². The molecule has 0 aliphatic carbocycles. The van der Waals surface area contributed by atoms with Gasteiger partial charge >= 0.3 is 0 Å². The lowest BCUT2D eigenvalue weighted by Crippen LogP contribution is -2.10. The highest BCUT2D eigenvalue weighted by Crippen LogP contribution is 2.37. The number of rotatable bonds is 9. The fourth-order valence-corrected chi connectivity index (χ4v) is 5.56. The van der Waals surface area contributed by atoms with Crippen LogP contribution in [-0.2, 0) is 24.5 Å². The Bertz CT molecular complexity index is 1240. The van der Waals surface area contributed by atoms with Crippen LogP contribution in [0.25, 0.3) is 0 Å². The van der Waals surface area contributed by atoms with Gasteiger partial charge in [-0.3, -0.25) is 4.98 Å². The fraction of sp³-hybridized carbons (Fsp3) is 0.259. The highest BCUT2D eigenvalue weighted by molar-refractivity contribution is 7.99. The molecule has 4 aromatic rings. The van der Waals surface area contributed by atoms with Crippen LogP contribution in [0.1, 0.15) is 48.1 Å². The highest BCUT2D eigenvalue weighted by Gasteiger charge is 2.22. The minimum Gasteiger partial charge on any atom is -0.369 e. The van der Waals surface area contributed by atoms with Crippen LogP contribution < -0.4 is 0 Å². The normalized spacial score (nSPS) is 11.4. The zero-order chi connectivity index (χ0) is 24.1. The first-order valence-electron chi connectivity index (χ1n) is 11.2. The third-order valence-electron chi connectivity index (χ3n) is 5.41. The highest BCUT2D eigenvalue weighted by atomic mass is 35.5. The number of halogens is 2. The van der Waals surface area contributed by atoms with Crippen molar-refractivity contribution in [2.75, 3.05) is 0 Å². The number of pyridine rings is 1. The van der Waals surface area contributed by atoms with Crippen LogP contribution in [0.2, 0.25) is 10.0 Å². The molecule has 0 N–H and O–H groups in total. The molecule has 0 spiro atoms. The summed E-state index contributed by atoms with van der Waals surface area (Å²) in [5, 5.41) is 2.29. The second kappa shape index (κ2) is 11.4. The van der Waals surface area contributed by atoms with Gasteiger partial charge in [-0.05, 0) is 48.2 Å². The van der Waals surface area contributed by atoms with Crippen molar-refractivity contribution in [2.24, 2.45) is 0 Å². The van der Waals surface area contributed by atoms with E-state index in [0.29, 0.717) is 29.8 Å². The van der Waals surface area contributed by atoms with Gasteiger partial charge in [0.1, 0.15) is 17.5 Å². The van der Waals surface area contributed by atoms with Gasteiger partial charge in [0.25, 0.3) is 0 Å². The summed E-state index contributed by atoms with van der Waals surface area (Å²) in [6.45, 7) is 7.94. The number of ether oxygens (including phenoxy) is 1. The van der Waals surface area contributed by atoms with Crippen LogP contribution in [0.4, 0.5) is 0 Å². The van der Waals surface area contributed by atoms with Crippen molar-refractivity contribution >= 4 is 35.0 Å². The number of imidazole rings is 1. The van der Waals surface area contributed by atoms with Crippen LogP contribution in [0.3, 0.4) is 0 Å². The lowest BCUT2D eigenvalue weighted by molar-refractivity contribution is 0.0991. The second-order valence-corrected chi connectivity index (χ2v) is 10.3. The molecule has 2 aromatic heterocycles. The van der Waals surface area contributed by atoms with Crippen LogP contribution in [-0.4, -0.2) is 14.5 Å². The van der Waals surface area contributed by atoms with E-state index in [1.54, 1.807) is 17.8 Å². The van der Waals surface area contributed by atoms with Crippen LogP contribution in [0.5, 0.6) is 0 Å². The predicted octanol–water partition coefficient (Wildman–Crippen LogP) is 7.93. The summed E-state index contributed by atoms with van der Waals surface area (Å²) >= 11 is 14.2. The maximum atomic E-state index is 6.29.